The number of halogens is 4. The highest BCUT2D eigenvalue weighted by Gasteiger charge is 2.50. The third kappa shape index (κ3) is 6.11. The lowest BCUT2D eigenvalue weighted by atomic mass is 10.2. The van der Waals surface area contributed by atoms with E-state index in [0.717, 1.165) is 0 Å². The van der Waals surface area contributed by atoms with Crippen LogP contribution in [-0.4, -0.2) is 38.6 Å². The lowest BCUT2D eigenvalue weighted by Crippen LogP contribution is -2.48. The monoisotopic (exact) mass is 334 g/mol. The van der Waals surface area contributed by atoms with Gasteiger partial charge in [0.1, 0.15) is 4.84 Å². The Morgan fingerprint density at radius 1 is 1.12 bits per heavy atom. The van der Waals surface area contributed by atoms with Gasteiger partial charge in [-0.3, -0.25) is 0 Å². The molecule has 0 aromatic carbocycles. The Bertz CT molecular complexity index is 464. The van der Waals surface area contributed by atoms with Crippen molar-refractivity contribution in [3.63, 3.8) is 0 Å². The standard InChI is InChI=1S/C5H10Cl2F2N2O4S2/c6-4(7)3(17(11,14)15)5(8,9)1-2-16(10,12)13/h3-4H,1-2H2,(H2,10,12,13)(H2,11,14,15). The van der Waals surface area contributed by atoms with Crippen molar-refractivity contribution < 1.29 is 25.6 Å². The average Bonchev–Trinajstić information content (AvgIpc) is 1.94. The van der Waals surface area contributed by atoms with Crippen LogP contribution < -0.4 is 10.3 Å². The second kappa shape index (κ2) is 5.49. The summed E-state index contributed by atoms with van der Waals surface area (Å²) in [5.74, 6) is -5.12. The highest BCUT2D eigenvalue weighted by Crippen LogP contribution is 2.33. The molecule has 0 spiro atoms. The molecule has 0 rings (SSSR count). The van der Waals surface area contributed by atoms with E-state index < -0.39 is 48.2 Å². The van der Waals surface area contributed by atoms with Crippen molar-refractivity contribution in [1.29, 1.82) is 0 Å². The van der Waals surface area contributed by atoms with Crippen molar-refractivity contribution >= 4 is 43.2 Å². The van der Waals surface area contributed by atoms with Gasteiger partial charge in [0.15, 0.2) is 5.25 Å². The van der Waals surface area contributed by atoms with Crippen molar-refractivity contribution in [3.05, 3.63) is 0 Å². The fourth-order valence-corrected chi connectivity index (χ4v) is 3.66. The van der Waals surface area contributed by atoms with Gasteiger partial charge in [-0.2, -0.15) is 0 Å². The number of primary sulfonamides is 2. The van der Waals surface area contributed by atoms with Crippen LogP contribution in [0.5, 0.6) is 0 Å². The molecule has 0 aromatic heterocycles. The van der Waals surface area contributed by atoms with Crippen LogP contribution in [0.25, 0.3) is 0 Å². The second-order valence-corrected chi connectivity index (χ2v) is 7.81. The van der Waals surface area contributed by atoms with E-state index in [9.17, 15) is 25.6 Å². The minimum Gasteiger partial charge on any atom is -0.229 e. The van der Waals surface area contributed by atoms with Crippen LogP contribution in [0, 0.1) is 0 Å². The molecule has 1 atom stereocenters. The number of sulfonamides is 2. The van der Waals surface area contributed by atoms with Gasteiger partial charge in [0, 0.05) is 6.42 Å². The van der Waals surface area contributed by atoms with E-state index >= 15 is 0 Å². The van der Waals surface area contributed by atoms with Gasteiger partial charge >= 0.3 is 0 Å². The Morgan fingerprint density at radius 3 is 1.76 bits per heavy atom. The van der Waals surface area contributed by atoms with Gasteiger partial charge in [-0.15, -0.1) is 23.2 Å². The van der Waals surface area contributed by atoms with Crippen LogP contribution in [-0.2, 0) is 20.0 Å². The summed E-state index contributed by atoms with van der Waals surface area (Å²) in [6, 6.07) is 0. The highest BCUT2D eigenvalue weighted by atomic mass is 35.5. The predicted octanol–water partition coefficient (Wildman–Crippen LogP) is -0.239. The maximum Gasteiger partial charge on any atom is 0.269 e. The minimum atomic E-state index is -4.74. The Balaban J connectivity index is 5.12. The molecule has 0 aliphatic carbocycles. The SMILES string of the molecule is NS(=O)(=O)CCC(F)(F)C(C(Cl)Cl)S(N)(=O)=O. The van der Waals surface area contributed by atoms with Crippen molar-refractivity contribution in [2.45, 2.75) is 22.4 Å². The van der Waals surface area contributed by atoms with Crippen LogP contribution in [0.1, 0.15) is 6.42 Å². The highest BCUT2D eigenvalue weighted by molar-refractivity contribution is 7.90. The summed E-state index contributed by atoms with van der Waals surface area (Å²) in [5.41, 5.74) is 0. The Morgan fingerprint density at radius 2 is 1.53 bits per heavy atom. The molecule has 0 amide bonds. The minimum absolute atomic E-state index is 1.12. The summed E-state index contributed by atoms with van der Waals surface area (Å²) in [4.78, 5) is -2.00. The number of rotatable bonds is 6. The molecular formula is C5H10Cl2F2N2O4S2. The molecule has 0 heterocycles. The van der Waals surface area contributed by atoms with E-state index in [-0.39, 0.29) is 0 Å². The predicted molar refractivity (Wildman–Crippen MR) is 59.9 cm³/mol. The van der Waals surface area contributed by atoms with Crippen LogP contribution in [0.4, 0.5) is 8.78 Å². The van der Waals surface area contributed by atoms with Crippen LogP contribution in [0.3, 0.4) is 0 Å². The van der Waals surface area contributed by atoms with Crippen molar-refractivity contribution in [3.8, 4) is 0 Å². The molecule has 0 aliphatic rings. The summed E-state index contributed by atoms with van der Waals surface area (Å²) in [5, 5.41) is 6.47. The van der Waals surface area contributed by atoms with Gasteiger partial charge in [-0.1, -0.05) is 0 Å². The lowest BCUT2D eigenvalue weighted by molar-refractivity contribution is -0.00325. The van der Waals surface area contributed by atoms with Gasteiger partial charge in [0.25, 0.3) is 5.92 Å². The Kier molecular flexibility index (Phi) is 5.57. The number of hydrogen-bond acceptors (Lipinski definition) is 4. The third-order valence-electron chi connectivity index (χ3n) is 1.72. The molecular weight excluding hydrogens is 325 g/mol. The van der Waals surface area contributed by atoms with E-state index in [0.29, 0.717) is 0 Å². The Labute approximate surface area is 107 Å². The molecule has 0 aliphatic heterocycles. The molecule has 0 fully saturated rings. The zero-order chi connectivity index (χ0) is 14.1. The van der Waals surface area contributed by atoms with Gasteiger partial charge in [-0.05, 0) is 0 Å². The first-order valence-corrected chi connectivity index (χ1v) is 8.15. The molecule has 17 heavy (non-hydrogen) atoms. The summed E-state index contributed by atoms with van der Waals surface area (Å²) in [6.07, 6.45) is -1.34. The molecule has 0 radical (unpaired) electrons. The zero-order valence-corrected chi connectivity index (χ0v) is 11.3. The van der Waals surface area contributed by atoms with Crippen molar-refractivity contribution in [1.82, 2.24) is 0 Å². The smallest absolute Gasteiger partial charge is 0.229 e. The normalized spacial score (nSPS) is 16.2. The molecule has 1 unspecified atom stereocenters. The summed E-state index contributed by atoms with van der Waals surface area (Å²) in [6.45, 7) is 0. The van der Waals surface area contributed by atoms with Gasteiger partial charge in [0.05, 0.1) is 5.75 Å². The molecule has 6 nitrogen and oxygen atoms in total. The first-order valence-electron chi connectivity index (χ1n) is 3.95. The lowest BCUT2D eigenvalue weighted by Gasteiger charge is -2.25. The van der Waals surface area contributed by atoms with Gasteiger partial charge in [0.2, 0.25) is 20.0 Å². The fourth-order valence-electron chi connectivity index (χ4n) is 0.989. The van der Waals surface area contributed by atoms with E-state index in [4.69, 9.17) is 23.2 Å². The quantitative estimate of drug-likeness (QED) is 0.651. The largest absolute Gasteiger partial charge is 0.269 e. The number of alkyl halides is 4. The first kappa shape index (κ1) is 17.3. The topological polar surface area (TPSA) is 120 Å². The fraction of sp³-hybridized carbons (Fsp3) is 1.00. The third-order valence-corrected chi connectivity index (χ3v) is 4.62. The van der Waals surface area contributed by atoms with E-state index in [1.54, 1.807) is 0 Å². The molecule has 0 saturated carbocycles. The van der Waals surface area contributed by atoms with E-state index in [1.807, 2.05) is 0 Å². The van der Waals surface area contributed by atoms with Crippen LogP contribution >= 0.6 is 23.2 Å². The van der Waals surface area contributed by atoms with E-state index in [1.165, 1.54) is 0 Å². The maximum absolute atomic E-state index is 13.4. The second-order valence-electron chi connectivity index (χ2n) is 3.22. The number of hydrogen-bond donors (Lipinski definition) is 2. The molecule has 0 aromatic rings. The van der Waals surface area contributed by atoms with Gasteiger partial charge < -0.3 is 0 Å². The zero-order valence-electron chi connectivity index (χ0n) is 8.18. The first-order chi connectivity index (χ1) is 7.27. The maximum atomic E-state index is 13.4. The summed E-state index contributed by atoms with van der Waals surface area (Å²) >= 11 is 10.2. The van der Waals surface area contributed by atoms with Crippen molar-refractivity contribution in [2.24, 2.45) is 10.3 Å². The number of nitrogens with two attached hydrogens (primary N) is 2. The molecule has 0 saturated heterocycles. The molecule has 12 heteroatoms. The van der Waals surface area contributed by atoms with Gasteiger partial charge in [-0.25, -0.2) is 35.9 Å². The van der Waals surface area contributed by atoms with Crippen molar-refractivity contribution in [2.75, 3.05) is 5.75 Å². The molecule has 4 N–H and O–H groups in total. The summed E-state index contributed by atoms with van der Waals surface area (Å²) < 4.78 is 69.7. The van der Waals surface area contributed by atoms with Crippen LogP contribution in [0.15, 0.2) is 0 Å². The average molecular weight is 335 g/mol. The van der Waals surface area contributed by atoms with E-state index in [2.05, 4.69) is 10.3 Å². The molecule has 104 valence electrons. The summed E-state index contributed by atoms with van der Waals surface area (Å²) in [7, 11) is -8.90. The van der Waals surface area contributed by atoms with Crippen LogP contribution in [0.2, 0.25) is 0 Å². The Hall–Kier alpha value is 0.260. The molecule has 0 bridgehead atoms.